The number of hydrogen-bond donors (Lipinski definition) is 0. The minimum atomic E-state index is -4.43. The summed E-state index contributed by atoms with van der Waals surface area (Å²) in [5.74, 6) is 0.295. The van der Waals surface area contributed by atoms with Crippen LogP contribution in [0, 0.1) is 0 Å². The van der Waals surface area contributed by atoms with Crippen LogP contribution in [0.5, 0.6) is 5.75 Å². The van der Waals surface area contributed by atoms with E-state index in [4.69, 9.17) is 4.74 Å². The van der Waals surface area contributed by atoms with E-state index in [1.165, 1.54) is 23.3 Å². The van der Waals surface area contributed by atoms with Gasteiger partial charge in [-0.25, -0.2) is 4.57 Å². The highest BCUT2D eigenvalue weighted by Gasteiger charge is 2.30. The Morgan fingerprint density at radius 1 is 0.735 bits per heavy atom. The molecule has 3 aromatic carbocycles. The maximum absolute atomic E-state index is 12.7. The fraction of sp³-hybridized carbons (Fsp3) is 0.143. The number of alkyl halides is 3. The van der Waals surface area contributed by atoms with Crippen molar-refractivity contribution in [3.05, 3.63) is 120 Å². The van der Waals surface area contributed by atoms with E-state index < -0.39 is 11.7 Å². The van der Waals surface area contributed by atoms with Crippen LogP contribution in [0.1, 0.15) is 27.9 Å². The minimum Gasteiger partial charge on any atom is -0.493 e. The Bertz CT molecular complexity index is 1220. The summed E-state index contributed by atoms with van der Waals surface area (Å²) in [5, 5.41) is 0. The van der Waals surface area contributed by atoms with Crippen molar-refractivity contribution in [2.75, 3.05) is 6.61 Å². The second-order valence-corrected chi connectivity index (χ2v) is 7.82. The molecule has 1 aromatic heterocycles. The molecule has 0 aliphatic heterocycles. The first-order chi connectivity index (χ1) is 16.4. The molecule has 6 heteroatoms. The molecule has 0 aliphatic rings. The second kappa shape index (κ2) is 10.3. The number of aromatic nitrogens is 1. The molecule has 3 nitrogen and oxygen atoms in total. The summed E-state index contributed by atoms with van der Waals surface area (Å²) in [6, 6.07) is 25.2. The summed E-state index contributed by atoms with van der Waals surface area (Å²) in [7, 11) is 0. The molecule has 0 atom stereocenters. The summed E-state index contributed by atoms with van der Waals surface area (Å²) >= 11 is 0. The Morgan fingerprint density at radius 2 is 1.29 bits per heavy atom. The number of rotatable bonds is 8. The smallest absolute Gasteiger partial charge is 0.416 e. The van der Waals surface area contributed by atoms with Crippen LogP contribution in [0.25, 0.3) is 11.1 Å². The molecule has 0 bridgehead atoms. The zero-order valence-corrected chi connectivity index (χ0v) is 18.3. The first kappa shape index (κ1) is 23.2. The van der Waals surface area contributed by atoms with Crippen molar-refractivity contribution in [3.8, 4) is 16.9 Å². The van der Waals surface area contributed by atoms with Crippen LogP contribution in [0.15, 0.2) is 103 Å². The molecular weight excluding hydrogens is 439 g/mol. The number of carbonyl (C=O) groups excluding carboxylic acids is 1. The van der Waals surface area contributed by atoms with Crippen molar-refractivity contribution in [1.29, 1.82) is 0 Å². The predicted molar refractivity (Wildman–Crippen MR) is 124 cm³/mol. The van der Waals surface area contributed by atoms with Gasteiger partial charge in [-0.3, -0.25) is 4.79 Å². The van der Waals surface area contributed by atoms with E-state index in [1.54, 1.807) is 24.3 Å². The van der Waals surface area contributed by atoms with Crippen LogP contribution < -0.4 is 9.30 Å². The summed E-state index contributed by atoms with van der Waals surface area (Å²) < 4.78 is 45.9. The van der Waals surface area contributed by atoms with Crippen LogP contribution in [-0.4, -0.2) is 12.4 Å². The van der Waals surface area contributed by atoms with Crippen molar-refractivity contribution in [3.63, 3.8) is 0 Å². The molecule has 34 heavy (non-hydrogen) atoms. The third-order valence-electron chi connectivity index (χ3n) is 5.42. The molecular formula is C28H23F3NO2+. The van der Waals surface area contributed by atoms with Crippen molar-refractivity contribution in [1.82, 2.24) is 0 Å². The van der Waals surface area contributed by atoms with Gasteiger partial charge in [-0.2, -0.15) is 13.2 Å². The fourth-order valence-corrected chi connectivity index (χ4v) is 3.55. The molecule has 0 N–H and O–H groups in total. The standard InChI is InChI=1S/C28H23F3NO2/c29-28(30,31)25-11-7-23(8-12-25)27(33)24-9-13-26(14-10-24)34-20-4-17-32-18-15-22(16-19-32)21-5-2-1-3-6-21/h1-3,5-16,18-19H,4,17,20H2/q+1. The minimum absolute atomic E-state index is 0.206. The van der Waals surface area contributed by atoms with E-state index in [0.29, 0.717) is 17.9 Å². The highest BCUT2D eigenvalue weighted by atomic mass is 19.4. The van der Waals surface area contributed by atoms with Crippen LogP contribution in [0.2, 0.25) is 0 Å². The maximum atomic E-state index is 12.7. The molecule has 172 valence electrons. The molecule has 0 saturated heterocycles. The molecule has 4 aromatic rings. The quantitative estimate of drug-likeness (QED) is 0.173. The number of carbonyl (C=O) groups is 1. The van der Waals surface area contributed by atoms with E-state index >= 15 is 0 Å². The number of ether oxygens (including phenoxy) is 1. The monoisotopic (exact) mass is 462 g/mol. The van der Waals surface area contributed by atoms with Gasteiger partial charge in [0.1, 0.15) is 5.75 Å². The zero-order chi connectivity index (χ0) is 24.0. The molecule has 0 unspecified atom stereocenters. The van der Waals surface area contributed by atoms with Gasteiger partial charge in [-0.15, -0.1) is 0 Å². The number of aryl methyl sites for hydroxylation is 1. The normalized spacial score (nSPS) is 11.3. The largest absolute Gasteiger partial charge is 0.493 e. The molecule has 0 spiro atoms. The summed E-state index contributed by atoms with van der Waals surface area (Å²) in [6.07, 6.45) is 0.472. The van der Waals surface area contributed by atoms with Gasteiger partial charge in [0.2, 0.25) is 0 Å². The van der Waals surface area contributed by atoms with E-state index in [-0.39, 0.29) is 11.3 Å². The maximum Gasteiger partial charge on any atom is 0.416 e. The third-order valence-corrected chi connectivity index (χ3v) is 5.42. The lowest BCUT2D eigenvalue weighted by atomic mass is 10.0. The lowest BCUT2D eigenvalue weighted by Crippen LogP contribution is -2.33. The highest BCUT2D eigenvalue weighted by Crippen LogP contribution is 2.29. The first-order valence-corrected chi connectivity index (χ1v) is 10.9. The average Bonchev–Trinajstić information content (AvgIpc) is 2.87. The van der Waals surface area contributed by atoms with Crippen LogP contribution in [0.3, 0.4) is 0 Å². The van der Waals surface area contributed by atoms with Gasteiger partial charge in [0, 0.05) is 29.7 Å². The number of halogens is 3. The van der Waals surface area contributed by atoms with Crippen LogP contribution >= 0.6 is 0 Å². The Kier molecular flexibility index (Phi) is 7.07. The summed E-state index contributed by atoms with van der Waals surface area (Å²) in [6.45, 7) is 1.32. The second-order valence-electron chi connectivity index (χ2n) is 7.82. The molecule has 4 rings (SSSR count). The Balaban J connectivity index is 1.26. The molecule has 0 radical (unpaired) electrons. The van der Waals surface area contributed by atoms with Crippen molar-refractivity contribution < 1.29 is 27.3 Å². The highest BCUT2D eigenvalue weighted by molar-refractivity contribution is 6.09. The van der Waals surface area contributed by atoms with Gasteiger partial charge in [-0.1, -0.05) is 42.5 Å². The van der Waals surface area contributed by atoms with Gasteiger partial charge in [0.15, 0.2) is 24.7 Å². The van der Waals surface area contributed by atoms with Gasteiger partial charge in [-0.05, 0) is 47.5 Å². The molecule has 0 saturated carbocycles. The Hall–Kier alpha value is -3.93. The SMILES string of the molecule is O=C(c1ccc(OCCC[n+]2ccc(-c3ccccc3)cc2)cc1)c1ccc(C(F)(F)F)cc1. The van der Waals surface area contributed by atoms with E-state index in [2.05, 4.69) is 28.8 Å². The van der Waals surface area contributed by atoms with Crippen molar-refractivity contribution in [2.24, 2.45) is 0 Å². The molecule has 0 amide bonds. The lowest BCUT2D eigenvalue weighted by molar-refractivity contribution is -0.697. The number of hydrogen-bond acceptors (Lipinski definition) is 2. The van der Waals surface area contributed by atoms with E-state index in [0.717, 1.165) is 25.1 Å². The number of pyridine rings is 1. The van der Waals surface area contributed by atoms with Gasteiger partial charge in [0.05, 0.1) is 12.2 Å². The van der Waals surface area contributed by atoms with Gasteiger partial charge < -0.3 is 4.74 Å². The first-order valence-electron chi connectivity index (χ1n) is 10.9. The summed E-state index contributed by atoms with van der Waals surface area (Å²) in [5.41, 5.74) is 2.16. The molecule has 0 fully saturated rings. The number of benzene rings is 3. The molecule has 1 heterocycles. The third kappa shape index (κ3) is 5.90. The average molecular weight is 462 g/mol. The van der Waals surface area contributed by atoms with Crippen molar-refractivity contribution in [2.45, 2.75) is 19.1 Å². The molecule has 0 aliphatic carbocycles. The Morgan fingerprint density at radius 3 is 1.88 bits per heavy atom. The number of ketones is 1. The van der Waals surface area contributed by atoms with Crippen LogP contribution in [0.4, 0.5) is 13.2 Å². The van der Waals surface area contributed by atoms with E-state index in [1.807, 2.05) is 30.6 Å². The Labute approximate surface area is 196 Å². The van der Waals surface area contributed by atoms with E-state index in [9.17, 15) is 18.0 Å². The van der Waals surface area contributed by atoms with Gasteiger partial charge in [0.25, 0.3) is 0 Å². The summed E-state index contributed by atoms with van der Waals surface area (Å²) in [4.78, 5) is 12.5. The topological polar surface area (TPSA) is 30.2 Å². The lowest BCUT2D eigenvalue weighted by Gasteiger charge is -2.08. The van der Waals surface area contributed by atoms with Gasteiger partial charge >= 0.3 is 6.18 Å². The van der Waals surface area contributed by atoms with Crippen LogP contribution in [-0.2, 0) is 12.7 Å². The van der Waals surface area contributed by atoms with Crippen molar-refractivity contribution >= 4 is 5.78 Å². The fourth-order valence-electron chi connectivity index (χ4n) is 3.55. The number of nitrogens with zero attached hydrogens (tertiary/aromatic N) is 1. The predicted octanol–water partition coefficient (Wildman–Crippen LogP) is 6.36. The zero-order valence-electron chi connectivity index (χ0n) is 18.3.